The summed E-state index contributed by atoms with van der Waals surface area (Å²) in [5, 5.41) is 0.625. The molecule has 0 spiro atoms. The first kappa shape index (κ1) is 7.66. The summed E-state index contributed by atoms with van der Waals surface area (Å²) in [5.41, 5.74) is 11.5. The SMILES string of the molecule is Cc1ncc2c(N)nc(N)nc2n1. The molecular formula is C7H8N6. The fraction of sp³-hybridized carbons (Fsp3) is 0.143. The second-order valence-corrected chi connectivity index (χ2v) is 2.62. The standard InChI is InChI=1S/C7H8N6/c1-3-10-2-4-5(8)12-7(9)13-6(4)11-3/h2H,1H3,(H4,8,9,10,11,12,13). The summed E-state index contributed by atoms with van der Waals surface area (Å²) < 4.78 is 0. The second kappa shape index (κ2) is 2.51. The van der Waals surface area contributed by atoms with Gasteiger partial charge in [0.2, 0.25) is 5.95 Å². The van der Waals surface area contributed by atoms with E-state index in [1.165, 1.54) is 0 Å². The van der Waals surface area contributed by atoms with E-state index in [1.54, 1.807) is 13.1 Å². The van der Waals surface area contributed by atoms with Crippen molar-refractivity contribution in [3.63, 3.8) is 0 Å². The normalized spacial score (nSPS) is 10.5. The number of fused-ring (bicyclic) bond motifs is 1. The van der Waals surface area contributed by atoms with Crippen LogP contribution in [0.5, 0.6) is 0 Å². The van der Waals surface area contributed by atoms with Gasteiger partial charge in [-0.1, -0.05) is 0 Å². The van der Waals surface area contributed by atoms with Gasteiger partial charge in [0, 0.05) is 6.20 Å². The highest BCUT2D eigenvalue weighted by Crippen LogP contribution is 2.14. The zero-order valence-electron chi connectivity index (χ0n) is 7.02. The lowest BCUT2D eigenvalue weighted by atomic mass is 10.4. The highest BCUT2D eigenvalue weighted by atomic mass is 15.1. The average Bonchev–Trinajstić information content (AvgIpc) is 2.02. The number of hydrogen-bond acceptors (Lipinski definition) is 6. The van der Waals surface area contributed by atoms with Gasteiger partial charge in [0.15, 0.2) is 5.65 Å². The molecule has 2 rings (SSSR count). The van der Waals surface area contributed by atoms with Crippen molar-refractivity contribution in [1.82, 2.24) is 19.9 Å². The number of nitrogens with zero attached hydrogens (tertiary/aromatic N) is 4. The van der Waals surface area contributed by atoms with Gasteiger partial charge in [-0.3, -0.25) is 0 Å². The Kier molecular flexibility index (Phi) is 1.48. The van der Waals surface area contributed by atoms with Gasteiger partial charge in [0.25, 0.3) is 0 Å². The van der Waals surface area contributed by atoms with E-state index in [0.29, 0.717) is 22.7 Å². The molecule has 0 atom stereocenters. The van der Waals surface area contributed by atoms with Crippen LogP contribution in [-0.4, -0.2) is 19.9 Å². The van der Waals surface area contributed by atoms with E-state index >= 15 is 0 Å². The molecule has 0 amide bonds. The van der Waals surface area contributed by atoms with Crippen molar-refractivity contribution in [3.8, 4) is 0 Å². The zero-order valence-corrected chi connectivity index (χ0v) is 7.02. The fourth-order valence-corrected chi connectivity index (χ4v) is 1.04. The molecule has 2 heterocycles. The van der Waals surface area contributed by atoms with Crippen LogP contribution in [0.1, 0.15) is 5.82 Å². The number of aryl methyl sites for hydroxylation is 1. The molecule has 0 aromatic carbocycles. The second-order valence-electron chi connectivity index (χ2n) is 2.62. The summed E-state index contributed by atoms with van der Waals surface area (Å²) in [5.74, 6) is 1.07. The number of rotatable bonds is 0. The molecule has 0 aliphatic heterocycles. The first-order valence-corrected chi connectivity index (χ1v) is 3.69. The molecule has 0 saturated heterocycles. The summed E-state index contributed by atoms with van der Waals surface area (Å²) in [6, 6.07) is 0. The van der Waals surface area contributed by atoms with Gasteiger partial charge in [-0.15, -0.1) is 0 Å². The summed E-state index contributed by atoms with van der Waals surface area (Å²) in [6.45, 7) is 1.77. The Morgan fingerprint density at radius 2 is 1.92 bits per heavy atom. The Labute approximate surface area is 74.0 Å². The van der Waals surface area contributed by atoms with Crippen molar-refractivity contribution < 1.29 is 0 Å². The number of nitrogens with two attached hydrogens (primary N) is 2. The largest absolute Gasteiger partial charge is 0.383 e. The van der Waals surface area contributed by atoms with E-state index < -0.39 is 0 Å². The molecule has 2 aromatic rings. The Morgan fingerprint density at radius 1 is 1.15 bits per heavy atom. The molecule has 0 radical (unpaired) electrons. The van der Waals surface area contributed by atoms with Crippen molar-refractivity contribution in [2.45, 2.75) is 6.92 Å². The van der Waals surface area contributed by atoms with Gasteiger partial charge in [0.1, 0.15) is 11.6 Å². The molecular weight excluding hydrogens is 168 g/mol. The highest BCUT2D eigenvalue weighted by Gasteiger charge is 2.04. The van der Waals surface area contributed by atoms with Crippen LogP contribution in [0.3, 0.4) is 0 Å². The van der Waals surface area contributed by atoms with Gasteiger partial charge in [0.05, 0.1) is 5.39 Å². The van der Waals surface area contributed by atoms with Crippen molar-refractivity contribution in [3.05, 3.63) is 12.0 Å². The van der Waals surface area contributed by atoms with Crippen LogP contribution in [-0.2, 0) is 0 Å². The topological polar surface area (TPSA) is 104 Å². The predicted molar refractivity (Wildman–Crippen MR) is 48.7 cm³/mol. The van der Waals surface area contributed by atoms with Gasteiger partial charge in [-0.2, -0.15) is 9.97 Å². The molecule has 6 nitrogen and oxygen atoms in total. The minimum Gasteiger partial charge on any atom is -0.383 e. The lowest BCUT2D eigenvalue weighted by molar-refractivity contribution is 1.06. The van der Waals surface area contributed by atoms with E-state index in [-0.39, 0.29) is 5.95 Å². The predicted octanol–water partition coefficient (Wildman–Crippen LogP) is -0.107. The summed E-state index contributed by atoms with van der Waals surface area (Å²) >= 11 is 0. The molecule has 0 aliphatic carbocycles. The molecule has 0 saturated carbocycles. The smallest absolute Gasteiger partial charge is 0.224 e. The minimum atomic E-state index is 0.128. The monoisotopic (exact) mass is 176 g/mol. The number of nitrogen functional groups attached to an aromatic ring is 2. The first-order valence-electron chi connectivity index (χ1n) is 3.69. The van der Waals surface area contributed by atoms with Crippen molar-refractivity contribution in [2.24, 2.45) is 0 Å². The van der Waals surface area contributed by atoms with Crippen molar-refractivity contribution in [1.29, 1.82) is 0 Å². The summed E-state index contributed by atoms with van der Waals surface area (Å²) in [7, 11) is 0. The van der Waals surface area contributed by atoms with Crippen molar-refractivity contribution in [2.75, 3.05) is 11.5 Å². The first-order chi connectivity index (χ1) is 6.16. The molecule has 13 heavy (non-hydrogen) atoms. The summed E-state index contributed by atoms with van der Waals surface area (Å²) in [6.07, 6.45) is 1.59. The van der Waals surface area contributed by atoms with Crippen LogP contribution < -0.4 is 11.5 Å². The molecule has 66 valence electrons. The number of hydrogen-bond donors (Lipinski definition) is 2. The lowest BCUT2D eigenvalue weighted by Gasteiger charge is -2.00. The maximum Gasteiger partial charge on any atom is 0.224 e. The molecule has 2 aromatic heterocycles. The molecule has 0 aliphatic rings. The van der Waals surface area contributed by atoms with E-state index in [4.69, 9.17) is 11.5 Å². The molecule has 4 N–H and O–H groups in total. The highest BCUT2D eigenvalue weighted by molar-refractivity contribution is 5.85. The van der Waals surface area contributed by atoms with Crippen LogP contribution in [0, 0.1) is 6.92 Å². The Morgan fingerprint density at radius 3 is 2.69 bits per heavy atom. The number of aromatic nitrogens is 4. The molecule has 6 heteroatoms. The third-order valence-corrected chi connectivity index (χ3v) is 1.62. The van der Waals surface area contributed by atoms with Crippen LogP contribution >= 0.6 is 0 Å². The third kappa shape index (κ3) is 1.22. The zero-order chi connectivity index (χ0) is 9.42. The molecule has 0 fully saturated rings. The van der Waals surface area contributed by atoms with Gasteiger partial charge >= 0.3 is 0 Å². The molecule has 0 bridgehead atoms. The van der Waals surface area contributed by atoms with Crippen LogP contribution in [0.15, 0.2) is 6.20 Å². The number of anilines is 2. The summed E-state index contributed by atoms with van der Waals surface area (Å²) in [4.78, 5) is 15.8. The van der Waals surface area contributed by atoms with Crippen LogP contribution in [0.2, 0.25) is 0 Å². The third-order valence-electron chi connectivity index (χ3n) is 1.62. The average molecular weight is 176 g/mol. The van der Waals surface area contributed by atoms with E-state index in [9.17, 15) is 0 Å². The minimum absolute atomic E-state index is 0.128. The lowest BCUT2D eigenvalue weighted by Crippen LogP contribution is -2.02. The Bertz CT molecular complexity index is 460. The van der Waals surface area contributed by atoms with Crippen LogP contribution in [0.25, 0.3) is 11.0 Å². The van der Waals surface area contributed by atoms with E-state index in [0.717, 1.165) is 0 Å². The van der Waals surface area contributed by atoms with Crippen molar-refractivity contribution >= 4 is 22.8 Å². The Hall–Kier alpha value is -1.98. The maximum absolute atomic E-state index is 5.60. The maximum atomic E-state index is 5.60. The quantitative estimate of drug-likeness (QED) is 0.580. The van der Waals surface area contributed by atoms with Crippen LogP contribution in [0.4, 0.5) is 11.8 Å². The van der Waals surface area contributed by atoms with Gasteiger partial charge in [-0.25, -0.2) is 9.97 Å². The van der Waals surface area contributed by atoms with Gasteiger partial charge in [-0.05, 0) is 6.92 Å². The van der Waals surface area contributed by atoms with Gasteiger partial charge < -0.3 is 11.5 Å². The molecule has 0 unspecified atom stereocenters. The van der Waals surface area contributed by atoms with E-state index in [1.807, 2.05) is 0 Å². The van der Waals surface area contributed by atoms with E-state index in [2.05, 4.69) is 19.9 Å². The fourth-order valence-electron chi connectivity index (χ4n) is 1.04. The Balaban J connectivity index is 2.86.